The fourth-order valence-electron chi connectivity index (χ4n) is 2.87. The van der Waals surface area contributed by atoms with Gasteiger partial charge in [0.1, 0.15) is 6.23 Å². The number of hydrogen-bond acceptors (Lipinski definition) is 5. The summed E-state index contributed by atoms with van der Waals surface area (Å²) < 4.78 is 0. The zero-order valence-corrected chi connectivity index (χ0v) is 13.2. The Hall–Kier alpha value is -1.47. The molecule has 0 bridgehead atoms. The smallest absolute Gasteiger partial charge is 0.328 e. The SMILES string of the molecule is CN1CCC(O)N(c2nc3c(s2)C(=O)CC(C)(C)C3)C1=O. The standard InChI is InChI=1S/C14H19N3O3S/c1-14(2)6-8-11(9(18)7-14)21-12(15-8)17-10(19)4-5-16(3)13(17)20/h10,19H,4-7H2,1-3H3. The number of anilines is 1. The molecule has 1 saturated heterocycles. The third-order valence-corrected chi connectivity index (χ3v) is 5.12. The summed E-state index contributed by atoms with van der Waals surface area (Å²) in [4.78, 5) is 32.4. The molecule has 0 spiro atoms. The number of nitrogens with zero attached hydrogens (tertiary/aromatic N) is 3. The largest absolute Gasteiger partial charge is 0.373 e. The van der Waals surface area contributed by atoms with Gasteiger partial charge in [0.2, 0.25) is 0 Å². The van der Waals surface area contributed by atoms with Crippen LogP contribution in [0.3, 0.4) is 0 Å². The van der Waals surface area contributed by atoms with Crippen LogP contribution in [-0.4, -0.2) is 46.6 Å². The van der Waals surface area contributed by atoms with Crippen molar-refractivity contribution in [2.45, 2.75) is 39.3 Å². The van der Waals surface area contributed by atoms with E-state index in [0.717, 1.165) is 12.1 Å². The van der Waals surface area contributed by atoms with Crippen LogP contribution in [0.25, 0.3) is 0 Å². The summed E-state index contributed by atoms with van der Waals surface area (Å²) >= 11 is 1.22. The third kappa shape index (κ3) is 2.44. The molecule has 2 amide bonds. The van der Waals surface area contributed by atoms with E-state index in [4.69, 9.17) is 0 Å². The van der Waals surface area contributed by atoms with Crippen LogP contribution >= 0.6 is 11.3 Å². The van der Waals surface area contributed by atoms with Crippen LogP contribution in [0.15, 0.2) is 0 Å². The van der Waals surface area contributed by atoms with E-state index < -0.39 is 6.23 Å². The summed E-state index contributed by atoms with van der Waals surface area (Å²) in [6.45, 7) is 4.61. The molecule has 6 nitrogen and oxygen atoms in total. The number of Topliss-reactive ketones (excluding diaryl/α,β-unsaturated/α-hetero) is 1. The number of aliphatic hydroxyl groups excluding tert-OH is 1. The molecule has 3 rings (SSSR count). The van der Waals surface area contributed by atoms with Gasteiger partial charge in [0.25, 0.3) is 0 Å². The first kappa shape index (κ1) is 14.5. The van der Waals surface area contributed by atoms with Crippen molar-refractivity contribution in [1.29, 1.82) is 0 Å². The fourth-order valence-corrected chi connectivity index (χ4v) is 3.92. The Kier molecular flexibility index (Phi) is 3.29. The normalized spacial score (nSPS) is 25.2. The van der Waals surface area contributed by atoms with E-state index in [0.29, 0.717) is 29.4 Å². The van der Waals surface area contributed by atoms with E-state index in [1.807, 2.05) is 13.8 Å². The molecular weight excluding hydrogens is 290 g/mol. The number of aliphatic hydroxyl groups is 1. The number of urea groups is 1. The average molecular weight is 309 g/mol. The molecule has 1 unspecified atom stereocenters. The Labute approximate surface area is 127 Å². The molecule has 0 saturated carbocycles. The average Bonchev–Trinajstić information content (AvgIpc) is 2.76. The number of amides is 2. The van der Waals surface area contributed by atoms with E-state index in [-0.39, 0.29) is 17.2 Å². The lowest BCUT2D eigenvalue weighted by Crippen LogP contribution is -2.53. The van der Waals surface area contributed by atoms with Crippen LogP contribution in [0, 0.1) is 5.41 Å². The minimum Gasteiger partial charge on any atom is -0.373 e. The number of carbonyl (C=O) groups is 2. The minimum absolute atomic E-state index is 0.0808. The highest BCUT2D eigenvalue weighted by atomic mass is 32.1. The van der Waals surface area contributed by atoms with Crippen molar-refractivity contribution >= 4 is 28.3 Å². The molecule has 114 valence electrons. The molecule has 1 aliphatic heterocycles. The Balaban J connectivity index is 1.98. The molecule has 21 heavy (non-hydrogen) atoms. The zero-order valence-electron chi connectivity index (χ0n) is 12.4. The van der Waals surface area contributed by atoms with Gasteiger partial charge in [-0.05, 0) is 11.8 Å². The van der Waals surface area contributed by atoms with Gasteiger partial charge in [-0.1, -0.05) is 25.2 Å². The molecule has 2 aliphatic rings. The van der Waals surface area contributed by atoms with Crippen LogP contribution in [0.4, 0.5) is 9.93 Å². The number of aromatic nitrogens is 1. The van der Waals surface area contributed by atoms with Gasteiger partial charge in [0.05, 0.1) is 10.6 Å². The summed E-state index contributed by atoms with van der Waals surface area (Å²) in [6.07, 6.45) is 0.826. The summed E-state index contributed by atoms with van der Waals surface area (Å²) in [5.74, 6) is 0.0808. The van der Waals surface area contributed by atoms with E-state index >= 15 is 0 Å². The first-order chi connectivity index (χ1) is 9.78. The molecule has 7 heteroatoms. The molecule has 1 aliphatic carbocycles. The maximum Gasteiger partial charge on any atom is 0.328 e. The van der Waals surface area contributed by atoms with Gasteiger partial charge in [-0.15, -0.1) is 0 Å². The van der Waals surface area contributed by atoms with Crippen molar-refractivity contribution < 1.29 is 14.7 Å². The van der Waals surface area contributed by atoms with Crippen LogP contribution in [-0.2, 0) is 6.42 Å². The second-order valence-corrected chi connectivity index (χ2v) is 7.53. The highest BCUT2D eigenvalue weighted by Gasteiger charge is 2.38. The number of fused-ring (bicyclic) bond motifs is 1. The molecule has 1 aromatic rings. The first-order valence-electron chi connectivity index (χ1n) is 7.04. The van der Waals surface area contributed by atoms with Gasteiger partial charge in [0.15, 0.2) is 10.9 Å². The van der Waals surface area contributed by atoms with E-state index in [1.54, 1.807) is 11.9 Å². The molecule has 0 radical (unpaired) electrons. The van der Waals surface area contributed by atoms with Crippen LogP contribution < -0.4 is 4.90 Å². The van der Waals surface area contributed by atoms with Crippen LogP contribution in [0.1, 0.15) is 42.1 Å². The number of carbonyl (C=O) groups excluding carboxylic acids is 2. The Morgan fingerprint density at radius 1 is 1.33 bits per heavy atom. The predicted octanol–water partition coefficient (Wildman–Crippen LogP) is 1.88. The molecule has 1 atom stereocenters. The van der Waals surface area contributed by atoms with Gasteiger partial charge in [-0.3, -0.25) is 4.79 Å². The number of ketones is 1. The number of hydrogen-bond donors (Lipinski definition) is 1. The van der Waals surface area contributed by atoms with Gasteiger partial charge in [-0.2, -0.15) is 0 Å². The number of rotatable bonds is 1. The van der Waals surface area contributed by atoms with Crippen molar-refractivity contribution in [1.82, 2.24) is 9.88 Å². The monoisotopic (exact) mass is 309 g/mol. The molecule has 2 heterocycles. The van der Waals surface area contributed by atoms with Gasteiger partial charge in [0, 0.05) is 26.4 Å². The zero-order chi connectivity index (χ0) is 15.4. The number of thiazole rings is 1. The highest BCUT2D eigenvalue weighted by Crippen LogP contribution is 2.40. The minimum atomic E-state index is -0.871. The Bertz CT molecular complexity index is 611. The summed E-state index contributed by atoms with van der Waals surface area (Å²) in [6, 6.07) is -0.272. The van der Waals surface area contributed by atoms with Gasteiger partial charge in [-0.25, -0.2) is 14.7 Å². The molecular formula is C14H19N3O3S. The van der Waals surface area contributed by atoms with Crippen LogP contribution in [0.2, 0.25) is 0 Å². The molecule has 1 fully saturated rings. The van der Waals surface area contributed by atoms with E-state index in [9.17, 15) is 14.7 Å². The summed E-state index contributed by atoms with van der Waals surface area (Å²) in [5, 5.41) is 10.5. The summed E-state index contributed by atoms with van der Waals surface area (Å²) in [5.41, 5.74) is 0.654. The Morgan fingerprint density at radius 2 is 2.05 bits per heavy atom. The molecule has 0 aromatic carbocycles. The van der Waals surface area contributed by atoms with E-state index in [1.165, 1.54) is 16.2 Å². The molecule has 1 N–H and O–H groups in total. The second kappa shape index (κ2) is 4.78. The van der Waals surface area contributed by atoms with Crippen molar-refractivity contribution in [2.75, 3.05) is 18.5 Å². The van der Waals surface area contributed by atoms with E-state index in [2.05, 4.69) is 4.98 Å². The van der Waals surface area contributed by atoms with Crippen molar-refractivity contribution in [3.63, 3.8) is 0 Å². The lowest BCUT2D eigenvalue weighted by Gasteiger charge is -2.35. The van der Waals surface area contributed by atoms with Gasteiger partial charge < -0.3 is 10.0 Å². The lowest BCUT2D eigenvalue weighted by molar-refractivity contribution is 0.0916. The fraction of sp³-hybridized carbons (Fsp3) is 0.643. The van der Waals surface area contributed by atoms with Crippen molar-refractivity contribution in [3.8, 4) is 0 Å². The Morgan fingerprint density at radius 3 is 2.76 bits per heavy atom. The quantitative estimate of drug-likeness (QED) is 0.859. The second-order valence-electron chi connectivity index (χ2n) is 6.56. The van der Waals surface area contributed by atoms with Crippen molar-refractivity contribution in [3.05, 3.63) is 10.6 Å². The first-order valence-corrected chi connectivity index (χ1v) is 7.85. The van der Waals surface area contributed by atoms with Crippen LogP contribution in [0.5, 0.6) is 0 Å². The lowest BCUT2D eigenvalue weighted by atomic mass is 9.78. The third-order valence-electron chi connectivity index (χ3n) is 3.98. The topological polar surface area (TPSA) is 73.7 Å². The van der Waals surface area contributed by atoms with Crippen molar-refractivity contribution in [2.24, 2.45) is 5.41 Å². The highest BCUT2D eigenvalue weighted by molar-refractivity contribution is 7.17. The summed E-state index contributed by atoms with van der Waals surface area (Å²) in [7, 11) is 1.70. The maximum atomic E-state index is 12.2. The molecule has 1 aromatic heterocycles. The predicted molar refractivity (Wildman–Crippen MR) is 79.7 cm³/mol. The maximum absolute atomic E-state index is 12.2. The van der Waals surface area contributed by atoms with Gasteiger partial charge >= 0.3 is 6.03 Å².